The highest BCUT2D eigenvalue weighted by Gasteiger charge is 2.14. The Morgan fingerprint density at radius 2 is 1.78 bits per heavy atom. The van der Waals surface area contributed by atoms with E-state index in [1.165, 1.54) is 13.2 Å². The number of nitrogens with two attached hydrogens (primary N) is 1. The molecule has 0 aliphatic carbocycles. The van der Waals surface area contributed by atoms with Crippen molar-refractivity contribution < 1.29 is 14.3 Å². The van der Waals surface area contributed by atoms with Gasteiger partial charge in [0.1, 0.15) is 5.75 Å². The van der Waals surface area contributed by atoms with Gasteiger partial charge in [0.2, 0.25) is 5.91 Å². The van der Waals surface area contributed by atoms with Crippen LogP contribution in [-0.4, -0.2) is 31.0 Å². The zero-order valence-corrected chi connectivity index (χ0v) is 15.2. The number of urea groups is 1. The van der Waals surface area contributed by atoms with Gasteiger partial charge in [-0.05, 0) is 40.6 Å². The van der Waals surface area contributed by atoms with Crippen LogP contribution in [0.25, 0.3) is 10.8 Å². The number of fused-ring (bicyclic) bond motifs is 1. The van der Waals surface area contributed by atoms with Crippen molar-refractivity contribution in [3.8, 4) is 5.75 Å². The van der Waals surface area contributed by atoms with Crippen LogP contribution in [0.5, 0.6) is 5.75 Å². The lowest BCUT2D eigenvalue weighted by Crippen LogP contribution is -2.31. The molecule has 6 heteroatoms. The summed E-state index contributed by atoms with van der Waals surface area (Å²) < 4.78 is 5.24. The molecule has 3 rings (SSSR count). The average Bonchev–Trinajstić information content (AvgIpc) is 2.67. The second-order valence-electron chi connectivity index (χ2n) is 6.25. The van der Waals surface area contributed by atoms with E-state index in [2.05, 4.69) is 11.4 Å². The number of nitrogens with one attached hydrogen (secondary N) is 1. The van der Waals surface area contributed by atoms with E-state index in [-0.39, 0.29) is 6.03 Å². The average molecular weight is 363 g/mol. The van der Waals surface area contributed by atoms with Crippen molar-refractivity contribution in [2.75, 3.05) is 19.5 Å². The first kappa shape index (κ1) is 18.3. The van der Waals surface area contributed by atoms with Gasteiger partial charge >= 0.3 is 6.03 Å². The van der Waals surface area contributed by atoms with Gasteiger partial charge in [0.25, 0.3) is 0 Å². The molecular formula is C21H21N3O3. The molecule has 0 aliphatic heterocycles. The molecule has 3 amide bonds. The predicted molar refractivity (Wildman–Crippen MR) is 106 cm³/mol. The van der Waals surface area contributed by atoms with Gasteiger partial charge < -0.3 is 20.7 Å². The fraction of sp³-hybridized carbons (Fsp3) is 0.143. The second kappa shape index (κ2) is 7.78. The maximum Gasteiger partial charge on any atom is 0.321 e. The Balaban J connectivity index is 1.75. The molecule has 3 aromatic carbocycles. The maximum atomic E-state index is 12.6. The quantitative estimate of drug-likeness (QED) is 0.726. The first-order chi connectivity index (χ1) is 13.0. The van der Waals surface area contributed by atoms with Crippen molar-refractivity contribution in [1.82, 2.24) is 4.90 Å². The molecule has 27 heavy (non-hydrogen) atoms. The summed E-state index contributed by atoms with van der Waals surface area (Å²) in [6.45, 7) is 0.439. The molecule has 0 aliphatic rings. The lowest BCUT2D eigenvalue weighted by atomic mass is 10.1. The van der Waals surface area contributed by atoms with Gasteiger partial charge in [0.05, 0.1) is 12.8 Å². The molecule has 138 valence electrons. The van der Waals surface area contributed by atoms with Crippen LogP contribution >= 0.6 is 0 Å². The van der Waals surface area contributed by atoms with Gasteiger partial charge in [-0.1, -0.05) is 36.4 Å². The van der Waals surface area contributed by atoms with Crippen molar-refractivity contribution in [2.45, 2.75) is 6.54 Å². The Bertz CT molecular complexity index is 1000. The molecule has 0 spiro atoms. The van der Waals surface area contributed by atoms with Gasteiger partial charge in [-0.2, -0.15) is 0 Å². The molecule has 0 atom stereocenters. The van der Waals surface area contributed by atoms with Gasteiger partial charge in [-0.15, -0.1) is 0 Å². The molecule has 0 saturated carbocycles. The number of benzene rings is 3. The summed E-state index contributed by atoms with van der Waals surface area (Å²) >= 11 is 0. The topological polar surface area (TPSA) is 84.7 Å². The minimum atomic E-state index is -0.572. The highest BCUT2D eigenvalue weighted by molar-refractivity contribution is 5.97. The third kappa shape index (κ3) is 4.17. The molecule has 0 unspecified atom stereocenters. The Morgan fingerprint density at radius 3 is 2.48 bits per heavy atom. The van der Waals surface area contributed by atoms with Gasteiger partial charge in [-0.3, -0.25) is 4.79 Å². The molecular weight excluding hydrogens is 342 g/mol. The first-order valence-corrected chi connectivity index (χ1v) is 8.45. The number of nitrogens with zero attached hydrogens (tertiary/aromatic N) is 1. The molecule has 0 aromatic heterocycles. The highest BCUT2D eigenvalue weighted by atomic mass is 16.5. The van der Waals surface area contributed by atoms with Gasteiger partial charge in [-0.25, -0.2) is 4.79 Å². The van der Waals surface area contributed by atoms with E-state index >= 15 is 0 Å². The van der Waals surface area contributed by atoms with Crippen LogP contribution in [-0.2, 0) is 6.54 Å². The molecule has 0 radical (unpaired) electrons. The zero-order chi connectivity index (χ0) is 19.4. The Labute approximate surface area is 157 Å². The molecule has 0 bridgehead atoms. The number of anilines is 1. The van der Waals surface area contributed by atoms with Crippen molar-refractivity contribution in [3.63, 3.8) is 0 Å². The summed E-state index contributed by atoms with van der Waals surface area (Å²) in [5.74, 6) is -0.120. The predicted octanol–water partition coefficient (Wildman–Crippen LogP) is 3.61. The third-order valence-corrected chi connectivity index (χ3v) is 4.31. The summed E-state index contributed by atoms with van der Waals surface area (Å²) in [4.78, 5) is 25.5. The smallest absolute Gasteiger partial charge is 0.321 e. The van der Waals surface area contributed by atoms with Gasteiger partial charge in [0, 0.05) is 19.2 Å². The number of amides is 3. The van der Waals surface area contributed by atoms with Crippen LogP contribution in [0.1, 0.15) is 15.9 Å². The number of methoxy groups -OCH3 is 1. The third-order valence-electron chi connectivity index (χ3n) is 4.31. The Hall–Kier alpha value is -3.54. The lowest BCUT2D eigenvalue weighted by molar-refractivity contribution is 0.1000. The maximum absolute atomic E-state index is 12.6. The first-order valence-electron chi connectivity index (χ1n) is 8.45. The fourth-order valence-electron chi connectivity index (χ4n) is 2.85. The van der Waals surface area contributed by atoms with Gasteiger partial charge in [0.15, 0.2) is 0 Å². The summed E-state index contributed by atoms with van der Waals surface area (Å²) in [6.07, 6.45) is 0. The molecule has 3 N–H and O–H groups in total. The minimum absolute atomic E-state index is 0.295. The number of primary amides is 1. The number of carbonyl (C=O) groups excluding carboxylic acids is 2. The highest BCUT2D eigenvalue weighted by Crippen LogP contribution is 2.26. The summed E-state index contributed by atoms with van der Waals surface area (Å²) in [7, 11) is 3.20. The largest absolute Gasteiger partial charge is 0.495 e. The molecule has 6 nitrogen and oxygen atoms in total. The molecule has 0 fully saturated rings. The summed E-state index contributed by atoms with van der Waals surface area (Å²) in [5, 5.41) is 5.05. The Morgan fingerprint density at radius 1 is 1.04 bits per heavy atom. The lowest BCUT2D eigenvalue weighted by Gasteiger charge is -2.19. The van der Waals surface area contributed by atoms with E-state index in [1.807, 2.05) is 36.4 Å². The van der Waals surface area contributed by atoms with Crippen molar-refractivity contribution >= 4 is 28.4 Å². The van der Waals surface area contributed by atoms with E-state index in [0.717, 1.165) is 16.3 Å². The van der Waals surface area contributed by atoms with Crippen LogP contribution < -0.4 is 15.8 Å². The molecule has 0 saturated heterocycles. The van der Waals surface area contributed by atoms with E-state index in [0.29, 0.717) is 23.5 Å². The van der Waals surface area contributed by atoms with Crippen LogP contribution in [0.3, 0.4) is 0 Å². The van der Waals surface area contributed by atoms with Crippen molar-refractivity contribution in [2.24, 2.45) is 5.73 Å². The van der Waals surface area contributed by atoms with E-state index < -0.39 is 5.91 Å². The Kier molecular flexibility index (Phi) is 5.26. The standard InChI is InChI=1S/C21H21N3O3/c1-24(13-14-7-8-15-5-3-4-6-16(15)11-14)21(26)23-18-12-17(20(22)25)9-10-19(18)27-2/h3-12H,13H2,1-2H3,(H2,22,25)(H,23,26). The second-order valence-corrected chi connectivity index (χ2v) is 6.25. The van der Waals surface area contributed by atoms with E-state index in [1.54, 1.807) is 24.1 Å². The number of hydrogen-bond acceptors (Lipinski definition) is 3. The zero-order valence-electron chi connectivity index (χ0n) is 15.2. The van der Waals surface area contributed by atoms with Crippen LogP contribution in [0, 0.1) is 0 Å². The monoisotopic (exact) mass is 363 g/mol. The van der Waals surface area contributed by atoms with E-state index in [4.69, 9.17) is 10.5 Å². The fourth-order valence-corrected chi connectivity index (χ4v) is 2.85. The number of ether oxygens (including phenoxy) is 1. The molecule has 0 heterocycles. The summed E-state index contributed by atoms with van der Waals surface area (Å²) in [6, 6.07) is 18.5. The van der Waals surface area contributed by atoms with Crippen LogP contribution in [0.4, 0.5) is 10.5 Å². The molecule has 3 aromatic rings. The van der Waals surface area contributed by atoms with Crippen LogP contribution in [0.2, 0.25) is 0 Å². The minimum Gasteiger partial charge on any atom is -0.495 e. The number of carbonyl (C=O) groups is 2. The van der Waals surface area contributed by atoms with Crippen LogP contribution in [0.15, 0.2) is 60.7 Å². The van der Waals surface area contributed by atoms with Crippen molar-refractivity contribution in [1.29, 1.82) is 0 Å². The van der Waals surface area contributed by atoms with E-state index in [9.17, 15) is 9.59 Å². The number of rotatable bonds is 5. The normalized spacial score (nSPS) is 10.4. The SMILES string of the molecule is COc1ccc(C(N)=O)cc1NC(=O)N(C)Cc1ccc2ccccc2c1. The van der Waals surface area contributed by atoms with Crippen molar-refractivity contribution in [3.05, 3.63) is 71.8 Å². The number of hydrogen-bond donors (Lipinski definition) is 2. The summed E-state index contributed by atoms with van der Waals surface area (Å²) in [5.41, 5.74) is 7.01.